The van der Waals surface area contributed by atoms with Gasteiger partial charge in [-0.3, -0.25) is 14.9 Å². The van der Waals surface area contributed by atoms with Crippen LogP contribution in [-0.4, -0.2) is 20.8 Å². The van der Waals surface area contributed by atoms with Crippen LogP contribution < -0.4 is 5.32 Å². The van der Waals surface area contributed by atoms with Gasteiger partial charge in [-0.2, -0.15) is 0 Å². The predicted octanol–water partition coefficient (Wildman–Crippen LogP) is 2.91. The van der Waals surface area contributed by atoms with Crippen LogP contribution >= 0.6 is 11.6 Å². The van der Waals surface area contributed by atoms with E-state index in [4.69, 9.17) is 11.6 Å². The van der Waals surface area contributed by atoms with Crippen molar-refractivity contribution in [2.45, 2.75) is 13.8 Å². The number of anilines is 1. The number of nitrogens with one attached hydrogen (secondary N) is 1. The van der Waals surface area contributed by atoms with Crippen LogP contribution in [0.5, 0.6) is 0 Å². The van der Waals surface area contributed by atoms with Crippen molar-refractivity contribution in [2.75, 3.05) is 5.32 Å². The largest absolute Gasteiger partial charge is 0.319 e. The van der Waals surface area contributed by atoms with Crippen molar-refractivity contribution in [3.63, 3.8) is 0 Å². The zero-order valence-corrected chi connectivity index (χ0v) is 12.0. The number of aromatic nitrogens is 2. The molecule has 8 heteroatoms. The molecule has 0 unspecified atom stereocenters. The molecule has 21 heavy (non-hydrogen) atoms. The second kappa shape index (κ2) is 5.84. The summed E-state index contributed by atoms with van der Waals surface area (Å²) in [6.07, 6.45) is 1.24. The summed E-state index contributed by atoms with van der Waals surface area (Å²) in [4.78, 5) is 30.2. The van der Waals surface area contributed by atoms with Crippen LogP contribution in [0.25, 0.3) is 0 Å². The molecule has 0 aliphatic carbocycles. The zero-order valence-electron chi connectivity index (χ0n) is 11.3. The minimum Gasteiger partial charge on any atom is -0.306 e. The van der Waals surface area contributed by atoms with E-state index in [9.17, 15) is 14.9 Å². The molecule has 1 N–H and O–H groups in total. The smallest absolute Gasteiger partial charge is 0.306 e. The molecule has 1 amide bonds. The molecule has 2 rings (SSSR count). The maximum atomic E-state index is 12.2. The number of hydrogen-bond acceptors (Lipinski definition) is 5. The molecule has 0 fully saturated rings. The van der Waals surface area contributed by atoms with E-state index >= 15 is 0 Å². The molecule has 0 bridgehead atoms. The first kappa shape index (κ1) is 14.9. The minimum absolute atomic E-state index is 0.166. The fraction of sp³-hybridized carbons (Fsp3) is 0.154. The Hall–Kier alpha value is -2.54. The van der Waals surface area contributed by atoms with Crippen LogP contribution in [0.3, 0.4) is 0 Å². The number of nitro groups is 1. The van der Waals surface area contributed by atoms with E-state index in [2.05, 4.69) is 15.3 Å². The highest BCUT2D eigenvalue weighted by atomic mass is 35.5. The molecular formula is C13H11ClN4O3. The second-order valence-electron chi connectivity index (χ2n) is 4.38. The second-order valence-corrected chi connectivity index (χ2v) is 4.74. The first-order valence-corrected chi connectivity index (χ1v) is 6.32. The summed E-state index contributed by atoms with van der Waals surface area (Å²) in [6.45, 7) is 3.64. The van der Waals surface area contributed by atoms with Gasteiger partial charge >= 0.3 is 5.69 Å². The van der Waals surface area contributed by atoms with Crippen molar-refractivity contribution in [1.29, 1.82) is 0 Å². The average molecular weight is 307 g/mol. The Morgan fingerprint density at radius 3 is 2.71 bits per heavy atom. The standard InChI is InChI=1S/C13H11ClN4O3/c1-7-5-8(2)16-10(6-7)17-13(19)9-3-4-15-12(14)11(9)18(20)21/h3-6H,1-2H3,(H,16,17,19). The fourth-order valence-corrected chi connectivity index (χ4v) is 2.10. The van der Waals surface area contributed by atoms with E-state index in [-0.39, 0.29) is 10.7 Å². The van der Waals surface area contributed by atoms with Gasteiger partial charge in [0.05, 0.1) is 4.92 Å². The summed E-state index contributed by atoms with van der Waals surface area (Å²) < 4.78 is 0. The fourth-order valence-electron chi connectivity index (χ4n) is 1.87. The van der Waals surface area contributed by atoms with Gasteiger partial charge in [0.2, 0.25) is 5.15 Å². The third kappa shape index (κ3) is 3.32. The number of aryl methyl sites for hydroxylation is 2. The SMILES string of the molecule is Cc1cc(C)nc(NC(=O)c2ccnc(Cl)c2[N+](=O)[O-])c1. The molecule has 0 aromatic carbocycles. The Morgan fingerprint density at radius 1 is 1.38 bits per heavy atom. The molecule has 0 atom stereocenters. The highest BCUT2D eigenvalue weighted by Crippen LogP contribution is 2.26. The molecule has 0 saturated carbocycles. The van der Waals surface area contributed by atoms with E-state index in [0.717, 1.165) is 11.3 Å². The molecule has 0 saturated heterocycles. The first-order chi connectivity index (χ1) is 9.88. The number of pyridine rings is 2. The van der Waals surface area contributed by atoms with Crippen LogP contribution in [-0.2, 0) is 0 Å². The molecule has 108 valence electrons. The first-order valence-electron chi connectivity index (χ1n) is 5.94. The number of hydrogen-bond donors (Lipinski definition) is 1. The van der Waals surface area contributed by atoms with E-state index in [1.54, 1.807) is 13.0 Å². The topological polar surface area (TPSA) is 98.0 Å². The number of amides is 1. The van der Waals surface area contributed by atoms with Gasteiger partial charge in [-0.25, -0.2) is 9.97 Å². The highest BCUT2D eigenvalue weighted by molar-refractivity contribution is 6.32. The van der Waals surface area contributed by atoms with Gasteiger partial charge in [0.15, 0.2) is 0 Å². The molecule has 0 aliphatic rings. The van der Waals surface area contributed by atoms with Crippen LogP contribution in [0.4, 0.5) is 11.5 Å². The van der Waals surface area contributed by atoms with Gasteiger partial charge in [-0.05, 0) is 37.6 Å². The summed E-state index contributed by atoms with van der Waals surface area (Å²) in [5, 5.41) is 13.2. The lowest BCUT2D eigenvalue weighted by molar-refractivity contribution is -0.385. The Labute approximate surface area is 125 Å². The van der Waals surface area contributed by atoms with Crippen LogP contribution in [0, 0.1) is 24.0 Å². The average Bonchev–Trinajstić information content (AvgIpc) is 2.36. The summed E-state index contributed by atoms with van der Waals surface area (Å²) in [6, 6.07) is 4.75. The minimum atomic E-state index is -0.737. The van der Waals surface area contributed by atoms with Gasteiger partial charge < -0.3 is 5.32 Å². The van der Waals surface area contributed by atoms with Gasteiger partial charge in [0.1, 0.15) is 11.4 Å². The lowest BCUT2D eigenvalue weighted by atomic mass is 10.2. The van der Waals surface area contributed by atoms with Crippen molar-refractivity contribution in [1.82, 2.24) is 9.97 Å². The van der Waals surface area contributed by atoms with E-state index in [1.807, 2.05) is 13.0 Å². The highest BCUT2D eigenvalue weighted by Gasteiger charge is 2.25. The zero-order chi connectivity index (χ0) is 15.6. The summed E-state index contributed by atoms with van der Waals surface area (Å²) in [5.74, 6) is -0.344. The van der Waals surface area contributed by atoms with Crippen molar-refractivity contribution in [2.24, 2.45) is 0 Å². The number of nitrogens with zero attached hydrogens (tertiary/aromatic N) is 3. The molecular weight excluding hydrogens is 296 g/mol. The molecule has 0 spiro atoms. The van der Waals surface area contributed by atoms with Gasteiger partial charge in [0.25, 0.3) is 5.91 Å². The number of carbonyl (C=O) groups excluding carboxylic acids is 1. The van der Waals surface area contributed by atoms with Crippen molar-refractivity contribution in [3.05, 3.63) is 56.5 Å². The van der Waals surface area contributed by atoms with Crippen LogP contribution in [0.2, 0.25) is 5.15 Å². The third-order valence-electron chi connectivity index (χ3n) is 2.65. The molecule has 2 heterocycles. The number of carbonyl (C=O) groups is 1. The maximum absolute atomic E-state index is 12.2. The third-order valence-corrected chi connectivity index (χ3v) is 2.92. The summed E-state index contributed by atoms with van der Waals surface area (Å²) >= 11 is 5.67. The van der Waals surface area contributed by atoms with Crippen molar-refractivity contribution >= 4 is 29.0 Å². The summed E-state index contributed by atoms with van der Waals surface area (Å²) in [7, 11) is 0. The van der Waals surface area contributed by atoms with Crippen molar-refractivity contribution < 1.29 is 9.72 Å². The van der Waals surface area contributed by atoms with Gasteiger partial charge in [-0.1, -0.05) is 11.6 Å². The van der Waals surface area contributed by atoms with E-state index in [1.165, 1.54) is 12.3 Å². The Morgan fingerprint density at radius 2 is 2.10 bits per heavy atom. The summed E-state index contributed by atoms with van der Waals surface area (Å²) in [5.41, 5.74) is 0.953. The Balaban J connectivity index is 2.37. The number of rotatable bonds is 3. The normalized spacial score (nSPS) is 10.2. The lowest BCUT2D eigenvalue weighted by Crippen LogP contribution is -2.15. The lowest BCUT2D eigenvalue weighted by Gasteiger charge is -2.07. The molecule has 0 aliphatic heterocycles. The van der Waals surface area contributed by atoms with Crippen LogP contribution in [0.15, 0.2) is 24.4 Å². The van der Waals surface area contributed by atoms with E-state index < -0.39 is 16.5 Å². The molecule has 2 aromatic rings. The maximum Gasteiger partial charge on any atom is 0.319 e. The molecule has 2 aromatic heterocycles. The van der Waals surface area contributed by atoms with Gasteiger partial charge in [0, 0.05) is 11.9 Å². The molecule has 7 nitrogen and oxygen atoms in total. The number of halogens is 1. The van der Waals surface area contributed by atoms with Crippen LogP contribution in [0.1, 0.15) is 21.6 Å². The molecule has 0 radical (unpaired) electrons. The Bertz CT molecular complexity index is 713. The Kier molecular flexibility index (Phi) is 4.13. The van der Waals surface area contributed by atoms with Gasteiger partial charge in [-0.15, -0.1) is 0 Å². The quantitative estimate of drug-likeness (QED) is 0.534. The van der Waals surface area contributed by atoms with Crippen molar-refractivity contribution in [3.8, 4) is 0 Å². The predicted molar refractivity (Wildman–Crippen MR) is 77.6 cm³/mol. The van der Waals surface area contributed by atoms with E-state index in [0.29, 0.717) is 5.82 Å². The monoisotopic (exact) mass is 306 g/mol.